The molecular weight excluding hydrogens is 466 g/mol. The van der Waals surface area contributed by atoms with Crippen molar-refractivity contribution in [3.05, 3.63) is 65.3 Å². The summed E-state index contributed by atoms with van der Waals surface area (Å²) in [6.45, 7) is 8.47. The third-order valence-electron chi connectivity index (χ3n) is 5.67. The fourth-order valence-corrected chi connectivity index (χ4v) is 4.68. The van der Waals surface area contributed by atoms with Crippen LogP contribution in [0.15, 0.2) is 63.5 Å². The number of hydrogen-bond donors (Lipinski definition) is 2. The lowest BCUT2D eigenvalue weighted by Crippen LogP contribution is -2.46. The van der Waals surface area contributed by atoms with Gasteiger partial charge in [-0.05, 0) is 30.0 Å². The summed E-state index contributed by atoms with van der Waals surface area (Å²) >= 11 is 1.37. The van der Waals surface area contributed by atoms with Crippen LogP contribution in [-0.4, -0.2) is 39.1 Å². The second-order valence-corrected chi connectivity index (χ2v) is 10.1. The van der Waals surface area contributed by atoms with E-state index in [-0.39, 0.29) is 17.8 Å². The number of nitrogens with one attached hydrogen (secondary N) is 2. The molecule has 2 amide bonds. The molecule has 2 N–H and O–H groups in total. The lowest BCUT2D eigenvalue weighted by atomic mass is 9.87. The number of furan rings is 1. The molecule has 0 bridgehead atoms. The number of thioether (sulfide) groups is 1. The average molecular weight is 496 g/mol. The van der Waals surface area contributed by atoms with Crippen molar-refractivity contribution in [3.8, 4) is 11.4 Å². The van der Waals surface area contributed by atoms with E-state index in [9.17, 15) is 9.59 Å². The molecule has 3 heterocycles. The molecule has 0 fully saturated rings. The summed E-state index contributed by atoms with van der Waals surface area (Å²) in [5.74, 6) is 0.947. The fraction of sp³-hybridized carbons (Fsp3) is 0.360. The van der Waals surface area contributed by atoms with Gasteiger partial charge in [-0.25, -0.2) is 9.59 Å². The maximum atomic E-state index is 12.8. The van der Waals surface area contributed by atoms with Crippen LogP contribution < -0.4 is 10.6 Å². The van der Waals surface area contributed by atoms with E-state index in [2.05, 4.69) is 53.7 Å². The molecule has 9 nitrogen and oxygen atoms in total. The highest BCUT2D eigenvalue weighted by Gasteiger charge is 2.35. The van der Waals surface area contributed by atoms with Gasteiger partial charge in [0.25, 0.3) is 0 Å². The third kappa shape index (κ3) is 5.27. The van der Waals surface area contributed by atoms with E-state index in [1.54, 1.807) is 19.1 Å². The van der Waals surface area contributed by atoms with Crippen LogP contribution in [0, 0.1) is 0 Å². The number of amides is 2. The number of ether oxygens (including phenoxy) is 1. The molecule has 0 aliphatic carbocycles. The Morgan fingerprint density at radius 1 is 1.20 bits per heavy atom. The molecule has 10 heteroatoms. The van der Waals surface area contributed by atoms with E-state index in [4.69, 9.17) is 9.15 Å². The quantitative estimate of drug-likeness (QED) is 0.371. The van der Waals surface area contributed by atoms with Crippen LogP contribution in [0.4, 0.5) is 4.79 Å². The first kappa shape index (κ1) is 24.6. The molecule has 1 unspecified atom stereocenters. The van der Waals surface area contributed by atoms with E-state index in [1.807, 2.05) is 23.7 Å². The maximum absolute atomic E-state index is 12.8. The molecular formula is C25H29N5O4S. The minimum Gasteiger partial charge on any atom is -0.467 e. The zero-order chi connectivity index (χ0) is 25.2. The molecule has 35 heavy (non-hydrogen) atoms. The van der Waals surface area contributed by atoms with Crippen LogP contribution in [0.2, 0.25) is 0 Å². The van der Waals surface area contributed by atoms with Crippen LogP contribution in [0.1, 0.15) is 45.1 Å². The number of rotatable bonds is 7. The topological polar surface area (TPSA) is 111 Å². The average Bonchev–Trinajstić information content (AvgIpc) is 3.47. The van der Waals surface area contributed by atoms with Gasteiger partial charge in [-0.1, -0.05) is 56.8 Å². The first-order chi connectivity index (χ1) is 16.7. The molecule has 0 radical (unpaired) electrons. The molecule has 3 aromatic rings. The van der Waals surface area contributed by atoms with Gasteiger partial charge < -0.3 is 24.4 Å². The number of carbonyl (C=O) groups excluding carboxylic acids is 2. The van der Waals surface area contributed by atoms with Crippen molar-refractivity contribution in [2.24, 2.45) is 7.05 Å². The highest BCUT2D eigenvalue weighted by molar-refractivity contribution is 7.99. The number of hydrogen-bond acceptors (Lipinski definition) is 7. The molecule has 0 saturated carbocycles. The Bertz CT molecular complexity index is 1240. The van der Waals surface area contributed by atoms with E-state index in [0.29, 0.717) is 22.2 Å². The summed E-state index contributed by atoms with van der Waals surface area (Å²) in [4.78, 5) is 25.2. The molecule has 4 rings (SSSR count). The Balaban J connectivity index is 1.60. The molecule has 0 saturated heterocycles. The summed E-state index contributed by atoms with van der Waals surface area (Å²) in [6, 6.07) is 10.5. The molecule has 0 spiro atoms. The van der Waals surface area contributed by atoms with Crippen molar-refractivity contribution in [2.75, 3.05) is 12.4 Å². The predicted molar refractivity (Wildman–Crippen MR) is 133 cm³/mol. The molecule has 1 atom stereocenters. The zero-order valence-electron chi connectivity index (χ0n) is 20.4. The number of nitrogens with zero attached hydrogens (tertiary/aromatic N) is 3. The lowest BCUT2D eigenvalue weighted by Gasteiger charge is -2.27. The van der Waals surface area contributed by atoms with Gasteiger partial charge in [0.15, 0.2) is 11.0 Å². The van der Waals surface area contributed by atoms with E-state index in [1.165, 1.54) is 23.6 Å². The first-order valence-electron chi connectivity index (χ1n) is 11.3. The monoisotopic (exact) mass is 495 g/mol. The molecule has 1 aliphatic heterocycles. The van der Waals surface area contributed by atoms with Crippen molar-refractivity contribution >= 4 is 23.8 Å². The smallest absolute Gasteiger partial charge is 0.338 e. The minimum absolute atomic E-state index is 0.0660. The first-order valence-corrected chi connectivity index (χ1v) is 12.3. The largest absolute Gasteiger partial charge is 0.467 e. The second-order valence-electron chi connectivity index (χ2n) is 9.14. The number of aromatic nitrogens is 3. The van der Waals surface area contributed by atoms with Gasteiger partial charge in [-0.3, -0.25) is 0 Å². The van der Waals surface area contributed by atoms with Crippen molar-refractivity contribution in [1.29, 1.82) is 0 Å². The summed E-state index contributed by atoms with van der Waals surface area (Å²) in [5.41, 5.74) is 3.01. The van der Waals surface area contributed by atoms with E-state index >= 15 is 0 Å². The molecule has 1 aliphatic rings. The Morgan fingerprint density at radius 2 is 1.94 bits per heavy atom. The van der Waals surface area contributed by atoms with Crippen molar-refractivity contribution in [3.63, 3.8) is 0 Å². The van der Waals surface area contributed by atoms with E-state index in [0.717, 1.165) is 11.4 Å². The zero-order valence-corrected chi connectivity index (χ0v) is 21.2. The highest BCUT2D eigenvalue weighted by Crippen LogP contribution is 2.32. The van der Waals surface area contributed by atoms with Gasteiger partial charge in [0, 0.05) is 24.1 Å². The highest BCUT2D eigenvalue weighted by atomic mass is 32.2. The number of esters is 1. The maximum Gasteiger partial charge on any atom is 0.338 e. The second kappa shape index (κ2) is 9.99. The predicted octanol–water partition coefficient (Wildman–Crippen LogP) is 4.34. The van der Waals surface area contributed by atoms with Crippen molar-refractivity contribution in [2.45, 2.75) is 44.3 Å². The van der Waals surface area contributed by atoms with Crippen LogP contribution in [0.5, 0.6) is 0 Å². The normalized spacial score (nSPS) is 16.1. The van der Waals surface area contributed by atoms with Gasteiger partial charge in [0.1, 0.15) is 11.8 Å². The van der Waals surface area contributed by atoms with Crippen LogP contribution >= 0.6 is 11.8 Å². The Labute approximate surface area is 208 Å². The molecule has 2 aromatic heterocycles. The number of carbonyl (C=O) groups is 2. The Hall–Kier alpha value is -3.53. The molecule has 184 valence electrons. The van der Waals surface area contributed by atoms with Crippen LogP contribution in [-0.2, 0) is 22.0 Å². The fourth-order valence-electron chi connectivity index (χ4n) is 3.80. The van der Waals surface area contributed by atoms with E-state index < -0.39 is 18.0 Å². The van der Waals surface area contributed by atoms with Gasteiger partial charge in [0.2, 0.25) is 0 Å². The summed E-state index contributed by atoms with van der Waals surface area (Å²) < 4.78 is 12.6. The van der Waals surface area contributed by atoms with Gasteiger partial charge >= 0.3 is 12.0 Å². The Morgan fingerprint density at radius 3 is 2.57 bits per heavy atom. The number of benzene rings is 1. The van der Waals surface area contributed by atoms with Gasteiger partial charge in [-0.15, -0.1) is 10.2 Å². The minimum atomic E-state index is -0.746. The summed E-state index contributed by atoms with van der Waals surface area (Å²) in [6.07, 6.45) is 1.50. The van der Waals surface area contributed by atoms with Crippen molar-refractivity contribution in [1.82, 2.24) is 25.4 Å². The molecule has 1 aromatic carbocycles. The summed E-state index contributed by atoms with van der Waals surface area (Å²) in [5, 5.41) is 14.8. The Kier molecular flexibility index (Phi) is 7.02. The SMILES string of the molecule is CCOC(=O)C1=C(CSc2nnc(-c3ccc(C(C)(C)C)cc3)n2C)NC(=O)NC1c1ccco1. The van der Waals surface area contributed by atoms with Gasteiger partial charge in [0.05, 0.1) is 18.4 Å². The van der Waals surface area contributed by atoms with Crippen LogP contribution in [0.25, 0.3) is 11.4 Å². The third-order valence-corrected chi connectivity index (χ3v) is 6.71. The standard InChI is InChI=1S/C25H29N5O4S/c1-6-33-22(31)19-17(26-23(32)27-20(19)18-8-7-13-34-18)14-35-24-29-28-21(30(24)5)15-9-11-16(12-10-15)25(2,3)4/h7-13,20H,6,14H2,1-5H3,(H2,26,27,32). The lowest BCUT2D eigenvalue weighted by molar-refractivity contribution is -0.139. The van der Waals surface area contributed by atoms with Gasteiger partial charge in [-0.2, -0.15) is 0 Å². The van der Waals surface area contributed by atoms with Crippen molar-refractivity contribution < 1.29 is 18.7 Å². The summed E-state index contributed by atoms with van der Waals surface area (Å²) in [7, 11) is 1.89. The van der Waals surface area contributed by atoms with Crippen LogP contribution in [0.3, 0.4) is 0 Å². The number of urea groups is 1.